The van der Waals surface area contributed by atoms with Crippen LogP contribution in [0, 0.1) is 0 Å². The first-order chi connectivity index (χ1) is 10.9. The van der Waals surface area contributed by atoms with Crippen molar-refractivity contribution in [2.24, 2.45) is 0 Å². The number of β-amino-alcohol motifs (C(OH)–C–C–N with tert-alkyl or cyclic N) is 1. The van der Waals surface area contributed by atoms with Crippen LogP contribution in [0.4, 0.5) is 0 Å². The molecule has 8 heteroatoms. The third-order valence-corrected chi connectivity index (χ3v) is 4.28. The van der Waals surface area contributed by atoms with Gasteiger partial charge in [-0.3, -0.25) is 9.89 Å². The van der Waals surface area contributed by atoms with Crippen molar-refractivity contribution in [2.75, 3.05) is 13.1 Å². The van der Waals surface area contributed by atoms with Crippen molar-refractivity contribution in [3.8, 4) is 0 Å². The fraction of sp³-hybridized carbons (Fsp3) is 0.600. The van der Waals surface area contributed by atoms with E-state index in [4.69, 9.17) is 0 Å². The number of aromatic nitrogens is 5. The van der Waals surface area contributed by atoms with E-state index >= 15 is 0 Å². The number of hydrogen-bond acceptors (Lipinski definition) is 5. The zero-order chi connectivity index (χ0) is 16.6. The van der Waals surface area contributed by atoms with E-state index in [1.807, 2.05) is 20.8 Å². The summed E-state index contributed by atoms with van der Waals surface area (Å²) < 4.78 is 1.71. The zero-order valence-electron chi connectivity index (χ0n) is 13.7. The van der Waals surface area contributed by atoms with Crippen LogP contribution in [0.5, 0.6) is 0 Å². The van der Waals surface area contributed by atoms with Crippen LogP contribution in [0.15, 0.2) is 12.3 Å². The fourth-order valence-corrected chi connectivity index (χ4v) is 2.73. The predicted octanol–water partition coefficient (Wildman–Crippen LogP) is 0.878. The van der Waals surface area contributed by atoms with Gasteiger partial charge in [-0.2, -0.15) is 5.10 Å². The number of H-pyrrole nitrogens is 1. The smallest absolute Gasteiger partial charge is 0.274 e. The summed E-state index contributed by atoms with van der Waals surface area (Å²) in [5, 5.41) is 25.8. The molecular formula is C15H22N6O2. The number of rotatable bonds is 4. The molecule has 0 spiro atoms. The number of nitrogens with one attached hydrogen (secondary N) is 1. The summed E-state index contributed by atoms with van der Waals surface area (Å²) in [5.74, 6) is -0.173. The first kappa shape index (κ1) is 15.7. The SMILES string of the molecule is CCc1cc(C(=O)N2CC[C@@](O)(c3cn(C(C)C)nn3)C2)n[nH]1. The summed E-state index contributed by atoms with van der Waals surface area (Å²) >= 11 is 0. The maximum atomic E-state index is 12.5. The Balaban J connectivity index is 1.74. The van der Waals surface area contributed by atoms with E-state index in [0.717, 1.165) is 12.1 Å². The maximum Gasteiger partial charge on any atom is 0.274 e. The lowest BCUT2D eigenvalue weighted by Crippen LogP contribution is -2.34. The summed E-state index contributed by atoms with van der Waals surface area (Å²) in [6, 6.07) is 1.94. The number of hydrogen-bond donors (Lipinski definition) is 2. The highest BCUT2D eigenvalue weighted by atomic mass is 16.3. The average molecular weight is 318 g/mol. The van der Waals surface area contributed by atoms with Gasteiger partial charge in [-0.1, -0.05) is 12.1 Å². The minimum Gasteiger partial charge on any atom is -0.381 e. The van der Waals surface area contributed by atoms with E-state index in [-0.39, 0.29) is 18.5 Å². The third kappa shape index (κ3) is 2.86. The monoisotopic (exact) mass is 318 g/mol. The molecule has 0 aromatic carbocycles. The van der Waals surface area contributed by atoms with E-state index < -0.39 is 5.60 Å². The lowest BCUT2D eigenvalue weighted by atomic mass is 10.00. The molecule has 0 saturated carbocycles. The highest BCUT2D eigenvalue weighted by Gasteiger charge is 2.42. The zero-order valence-corrected chi connectivity index (χ0v) is 13.7. The molecule has 0 aliphatic carbocycles. The molecule has 0 unspecified atom stereocenters. The Hall–Kier alpha value is -2.22. The van der Waals surface area contributed by atoms with Crippen molar-refractivity contribution in [3.63, 3.8) is 0 Å². The molecular weight excluding hydrogens is 296 g/mol. The Bertz CT molecular complexity index is 706. The number of nitrogens with zero attached hydrogens (tertiary/aromatic N) is 5. The molecule has 1 fully saturated rings. The van der Waals surface area contributed by atoms with Crippen molar-refractivity contribution in [2.45, 2.75) is 45.3 Å². The third-order valence-electron chi connectivity index (χ3n) is 4.28. The molecule has 3 heterocycles. The molecule has 124 valence electrons. The average Bonchev–Trinajstić information content (AvgIpc) is 3.25. The van der Waals surface area contributed by atoms with Gasteiger partial charge >= 0.3 is 0 Å². The fourth-order valence-electron chi connectivity index (χ4n) is 2.73. The Morgan fingerprint density at radius 1 is 1.52 bits per heavy atom. The van der Waals surface area contributed by atoms with E-state index in [1.165, 1.54) is 0 Å². The Labute approximate surface area is 134 Å². The van der Waals surface area contributed by atoms with Crippen LogP contribution in [-0.4, -0.2) is 54.2 Å². The number of likely N-dealkylation sites (tertiary alicyclic amines) is 1. The van der Waals surface area contributed by atoms with Gasteiger partial charge in [0, 0.05) is 24.7 Å². The Morgan fingerprint density at radius 3 is 2.91 bits per heavy atom. The van der Waals surface area contributed by atoms with Crippen LogP contribution in [0.1, 0.15) is 55.1 Å². The first-order valence-corrected chi connectivity index (χ1v) is 7.91. The molecule has 3 rings (SSSR count). The van der Waals surface area contributed by atoms with Gasteiger partial charge in [0.1, 0.15) is 17.0 Å². The molecule has 1 aliphatic heterocycles. The molecule has 0 bridgehead atoms. The number of carbonyl (C=O) groups excluding carboxylic acids is 1. The Morgan fingerprint density at radius 2 is 2.30 bits per heavy atom. The van der Waals surface area contributed by atoms with Crippen LogP contribution in [-0.2, 0) is 12.0 Å². The molecule has 2 aromatic rings. The highest BCUT2D eigenvalue weighted by molar-refractivity contribution is 5.92. The molecule has 8 nitrogen and oxygen atoms in total. The van der Waals surface area contributed by atoms with E-state index in [2.05, 4.69) is 20.5 Å². The van der Waals surface area contributed by atoms with Gasteiger partial charge in [0.25, 0.3) is 5.91 Å². The van der Waals surface area contributed by atoms with Gasteiger partial charge < -0.3 is 10.0 Å². The second-order valence-corrected chi connectivity index (χ2v) is 6.32. The largest absolute Gasteiger partial charge is 0.381 e. The van der Waals surface area contributed by atoms with Gasteiger partial charge in [0.2, 0.25) is 0 Å². The van der Waals surface area contributed by atoms with E-state index in [1.54, 1.807) is 21.8 Å². The maximum absolute atomic E-state index is 12.5. The van der Waals surface area contributed by atoms with Crippen molar-refractivity contribution in [1.29, 1.82) is 0 Å². The van der Waals surface area contributed by atoms with Crippen LogP contribution < -0.4 is 0 Å². The Kier molecular flexibility index (Phi) is 3.93. The van der Waals surface area contributed by atoms with Gasteiger partial charge in [-0.25, -0.2) is 4.68 Å². The molecule has 1 amide bonds. The van der Waals surface area contributed by atoms with Crippen LogP contribution in [0.3, 0.4) is 0 Å². The van der Waals surface area contributed by atoms with Crippen LogP contribution >= 0.6 is 0 Å². The number of aryl methyl sites for hydroxylation is 1. The molecule has 1 atom stereocenters. The van der Waals surface area contributed by atoms with Crippen molar-refractivity contribution in [1.82, 2.24) is 30.1 Å². The molecule has 23 heavy (non-hydrogen) atoms. The second kappa shape index (κ2) is 5.77. The summed E-state index contributed by atoms with van der Waals surface area (Å²) in [4.78, 5) is 14.1. The van der Waals surface area contributed by atoms with Gasteiger partial charge in [-0.15, -0.1) is 5.10 Å². The topological polar surface area (TPSA) is 99.9 Å². The summed E-state index contributed by atoms with van der Waals surface area (Å²) in [6.45, 7) is 6.66. The number of aromatic amines is 1. The lowest BCUT2D eigenvalue weighted by Gasteiger charge is -2.20. The predicted molar refractivity (Wildman–Crippen MR) is 82.8 cm³/mol. The van der Waals surface area contributed by atoms with E-state index in [0.29, 0.717) is 24.4 Å². The van der Waals surface area contributed by atoms with Crippen LogP contribution in [0.2, 0.25) is 0 Å². The van der Waals surface area contributed by atoms with Crippen molar-refractivity contribution < 1.29 is 9.90 Å². The summed E-state index contributed by atoms with van der Waals surface area (Å²) in [7, 11) is 0. The minimum atomic E-state index is -1.15. The lowest BCUT2D eigenvalue weighted by molar-refractivity contribution is 0.0380. The van der Waals surface area contributed by atoms with Gasteiger partial charge in [-0.05, 0) is 26.3 Å². The molecule has 1 saturated heterocycles. The number of carbonyl (C=O) groups is 1. The van der Waals surface area contributed by atoms with Crippen molar-refractivity contribution in [3.05, 3.63) is 29.3 Å². The van der Waals surface area contributed by atoms with Crippen molar-refractivity contribution >= 4 is 5.91 Å². The highest BCUT2D eigenvalue weighted by Crippen LogP contribution is 2.31. The van der Waals surface area contributed by atoms with Gasteiger partial charge in [0.05, 0.1) is 12.7 Å². The van der Waals surface area contributed by atoms with Crippen LogP contribution in [0.25, 0.3) is 0 Å². The summed E-state index contributed by atoms with van der Waals surface area (Å²) in [5.41, 5.74) is 0.671. The molecule has 1 aliphatic rings. The number of amides is 1. The quantitative estimate of drug-likeness (QED) is 0.871. The van der Waals surface area contributed by atoms with E-state index in [9.17, 15) is 9.90 Å². The standard InChI is InChI=1S/C15H22N6O2/c1-4-11-7-12(17-16-11)14(22)20-6-5-15(23,9-20)13-8-21(10(2)3)19-18-13/h7-8,10,23H,4-6,9H2,1-3H3,(H,16,17)/t15-/m0/s1. The summed E-state index contributed by atoms with van der Waals surface area (Å²) in [6.07, 6.45) is 2.99. The number of aliphatic hydroxyl groups is 1. The van der Waals surface area contributed by atoms with Gasteiger partial charge in [0.15, 0.2) is 0 Å². The first-order valence-electron chi connectivity index (χ1n) is 7.91. The minimum absolute atomic E-state index is 0.173. The molecule has 0 radical (unpaired) electrons. The molecule has 2 N–H and O–H groups in total. The second-order valence-electron chi connectivity index (χ2n) is 6.32. The molecule has 2 aromatic heterocycles. The normalized spacial score (nSPS) is 21.3.